The maximum absolute atomic E-state index is 5.52. The minimum absolute atomic E-state index is 0.411. The summed E-state index contributed by atoms with van der Waals surface area (Å²) < 4.78 is 0. The van der Waals surface area contributed by atoms with E-state index >= 15 is 0 Å². The highest BCUT2D eigenvalue weighted by Crippen LogP contribution is 2.00. The second-order valence-electron chi connectivity index (χ2n) is 2.72. The molecule has 1 aromatic carbocycles. The van der Waals surface area contributed by atoms with Gasteiger partial charge in [-0.05, 0) is 12.5 Å². The molecule has 0 aromatic heterocycles. The van der Waals surface area contributed by atoms with Crippen molar-refractivity contribution in [3.8, 4) is 0 Å². The molecule has 0 aliphatic carbocycles. The highest BCUT2D eigenvalue weighted by Gasteiger charge is 1.90. The topological polar surface area (TPSA) is 21.6 Å². The minimum atomic E-state index is 0.411. The molecule has 3 heteroatoms. The van der Waals surface area contributed by atoms with Crippen molar-refractivity contribution in [2.75, 3.05) is 5.88 Å². The molecule has 0 heterocycles. The molecule has 0 saturated carbocycles. The van der Waals surface area contributed by atoms with Gasteiger partial charge >= 0.3 is 0 Å². The lowest BCUT2D eigenvalue weighted by molar-refractivity contribution is 0.130. The van der Waals surface area contributed by atoms with Crippen LogP contribution in [-0.2, 0) is 11.4 Å². The van der Waals surface area contributed by atoms with E-state index in [9.17, 15) is 0 Å². The molecule has 0 bridgehead atoms. The fourth-order valence-corrected chi connectivity index (χ4v) is 0.864. The predicted octanol–water partition coefficient (Wildman–Crippen LogP) is 2.82. The van der Waals surface area contributed by atoms with Gasteiger partial charge in [-0.2, -0.15) is 0 Å². The van der Waals surface area contributed by atoms with E-state index in [1.54, 1.807) is 0 Å². The molecule has 0 aliphatic heterocycles. The van der Waals surface area contributed by atoms with Crippen molar-refractivity contribution in [2.24, 2.45) is 5.16 Å². The molecule has 0 radical (unpaired) electrons. The Morgan fingerprint density at radius 2 is 2.08 bits per heavy atom. The van der Waals surface area contributed by atoms with Crippen molar-refractivity contribution < 1.29 is 4.84 Å². The van der Waals surface area contributed by atoms with Crippen LogP contribution >= 0.6 is 11.6 Å². The van der Waals surface area contributed by atoms with Crippen molar-refractivity contribution >= 4 is 17.3 Å². The molecule has 2 nitrogen and oxygen atoms in total. The number of rotatable bonds is 4. The van der Waals surface area contributed by atoms with Crippen LogP contribution in [0.4, 0.5) is 0 Å². The van der Waals surface area contributed by atoms with Gasteiger partial charge in [-0.1, -0.05) is 35.5 Å². The summed E-state index contributed by atoms with van der Waals surface area (Å²) in [6.45, 7) is 2.33. The van der Waals surface area contributed by atoms with E-state index in [1.165, 1.54) is 0 Å². The molecule has 0 atom stereocenters. The molecule has 0 N–H and O–H groups in total. The predicted molar refractivity (Wildman–Crippen MR) is 55.1 cm³/mol. The van der Waals surface area contributed by atoms with Gasteiger partial charge in [0.15, 0.2) is 0 Å². The first kappa shape index (κ1) is 10.1. The maximum Gasteiger partial charge on any atom is 0.142 e. The van der Waals surface area contributed by atoms with Crippen molar-refractivity contribution in [1.29, 1.82) is 0 Å². The first-order chi connectivity index (χ1) is 6.33. The number of hydrogen-bond acceptors (Lipinski definition) is 2. The zero-order valence-electron chi connectivity index (χ0n) is 7.53. The molecule has 13 heavy (non-hydrogen) atoms. The Hall–Kier alpha value is -1.02. The Morgan fingerprint density at radius 1 is 1.38 bits per heavy atom. The highest BCUT2D eigenvalue weighted by molar-refractivity contribution is 6.28. The Morgan fingerprint density at radius 3 is 2.69 bits per heavy atom. The Balaban J connectivity index is 2.36. The van der Waals surface area contributed by atoms with E-state index in [1.807, 2.05) is 37.3 Å². The van der Waals surface area contributed by atoms with Crippen LogP contribution in [0.1, 0.15) is 12.5 Å². The minimum Gasteiger partial charge on any atom is -0.391 e. The summed E-state index contributed by atoms with van der Waals surface area (Å²) >= 11 is 5.52. The van der Waals surface area contributed by atoms with Gasteiger partial charge in [0, 0.05) is 0 Å². The molecular formula is C10H12ClNO. The third-order valence-corrected chi connectivity index (χ3v) is 1.87. The zero-order chi connectivity index (χ0) is 9.52. The number of hydrogen-bond donors (Lipinski definition) is 0. The molecule has 0 spiro atoms. The van der Waals surface area contributed by atoms with Crippen LogP contribution < -0.4 is 0 Å². The molecule has 1 aromatic rings. The second kappa shape index (κ2) is 5.60. The third kappa shape index (κ3) is 3.95. The maximum atomic E-state index is 5.52. The van der Waals surface area contributed by atoms with E-state index in [2.05, 4.69) is 5.16 Å². The van der Waals surface area contributed by atoms with Crippen molar-refractivity contribution in [1.82, 2.24) is 0 Å². The van der Waals surface area contributed by atoms with E-state index in [4.69, 9.17) is 16.4 Å². The lowest BCUT2D eigenvalue weighted by atomic mass is 10.2. The van der Waals surface area contributed by atoms with E-state index in [0.29, 0.717) is 12.5 Å². The Labute approximate surface area is 83.2 Å². The first-order valence-corrected chi connectivity index (χ1v) is 4.61. The number of halogens is 1. The van der Waals surface area contributed by atoms with Gasteiger partial charge in [0.1, 0.15) is 6.61 Å². The standard InChI is InChI=1S/C10H12ClNO/c1-9(7-11)12-13-8-10-5-3-2-4-6-10/h2-6H,7-8H2,1H3/b12-9-. The van der Waals surface area contributed by atoms with Crippen molar-refractivity contribution in [2.45, 2.75) is 13.5 Å². The van der Waals surface area contributed by atoms with Gasteiger partial charge in [-0.25, -0.2) is 0 Å². The average molecular weight is 198 g/mol. The van der Waals surface area contributed by atoms with Crippen LogP contribution in [0.15, 0.2) is 35.5 Å². The number of alkyl halides is 1. The van der Waals surface area contributed by atoms with Gasteiger partial charge in [-0.3, -0.25) is 0 Å². The van der Waals surface area contributed by atoms with Gasteiger partial charge < -0.3 is 4.84 Å². The summed E-state index contributed by atoms with van der Waals surface area (Å²) in [5.41, 5.74) is 1.89. The molecule has 0 saturated heterocycles. The van der Waals surface area contributed by atoms with Crippen molar-refractivity contribution in [3.05, 3.63) is 35.9 Å². The summed E-state index contributed by atoms with van der Waals surface area (Å²) in [6.07, 6.45) is 0. The summed E-state index contributed by atoms with van der Waals surface area (Å²) in [6, 6.07) is 9.89. The van der Waals surface area contributed by atoms with Crippen LogP contribution in [0.25, 0.3) is 0 Å². The number of benzene rings is 1. The molecule has 0 fully saturated rings. The smallest absolute Gasteiger partial charge is 0.142 e. The third-order valence-electron chi connectivity index (χ3n) is 1.49. The van der Waals surface area contributed by atoms with Crippen LogP contribution in [0, 0.1) is 0 Å². The molecule has 1 rings (SSSR count). The van der Waals surface area contributed by atoms with Gasteiger partial charge in [0.05, 0.1) is 11.6 Å². The lowest BCUT2D eigenvalue weighted by Crippen LogP contribution is -1.94. The quantitative estimate of drug-likeness (QED) is 0.413. The van der Waals surface area contributed by atoms with Gasteiger partial charge in [0.2, 0.25) is 0 Å². The first-order valence-electron chi connectivity index (χ1n) is 4.08. The van der Waals surface area contributed by atoms with Crippen molar-refractivity contribution in [3.63, 3.8) is 0 Å². The fourth-order valence-electron chi connectivity index (χ4n) is 0.816. The Bertz CT molecular complexity index is 272. The average Bonchev–Trinajstić information content (AvgIpc) is 2.19. The van der Waals surface area contributed by atoms with E-state index in [0.717, 1.165) is 11.3 Å². The van der Waals surface area contributed by atoms with E-state index in [-0.39, 0.29) is 0 Å². The summed E-state index contributed by atoms with van der Waals surface area (Å²) in [5.74, 6) is 0.411. The fraction of sp³-hybridized carbons (Fsp3) is 0.300. The van der Waals surface area contributed by atoms with Crippen LogP contribution in [-0.4, -0.2) is 11.6 Å². The largest absolute Gasteiger partial charge is 0.391 e. The highest BCUT2D eigenvalue weighted by atomic mass is 35.5. The summed E-state index contributed by atoms with van der Waals surface area (Å²) in [7, 11) is 0. The van der Waals surface area contributed by atoms with Crippen LogP contribution in [0.2, 0.25) is 0 Å². The lowest BCUT2D eigenvalue weighted by Gasteiger charge is -1.99. The zero-order valence-corrected chi connectivity index (χ0v) is 8.29. The van der Waals surface area contributed by atoms with Gasteiger partial charge in [0.25, 0.3) is 0 Å². The van der Waals surface area contributed by atoms with Gasteiger partial charge in [-0.15, -0.1) is 11.6 Å². The summed E-state index contributed by atoms with van der Waals surface area (Å²) in [5, 5.41) is 3.82. The van der Waals surface area contributed by atoms with E-state index < -0.39 is 0 Å². The monoisotopic (exact) mass is 197 g/mol. The molecule has 0 aliphatic rings. The van der Waals surface area contributed by atoms with Crippen LogP contribution in [0.3, 0.4) is 0 Å². The second-order valence-corrected chi connectivity index (χ2v) is 2.99. The number of oxime groups is 1. The molecule has 0 amide bonds. The normalized spacial score (nSPS) is 11.4. The Kier molecular flexibility index (Phi) is 4.33. The molecule has 0 unspecified atom stereocenters. The van der Waals surface area contributed by atoms with Crippen LogP contribution in [0.5, 0.6) is 0 Å². The molecule has 70 valence electrons. The number of nitrogens with zero attached hydrogens (tertiary/aromatic N) is 1. The molecular weight excluding hydrogens is 186 g/mol. The summed E-state index contributed by atoms with van der Waals surface area (Å²) in [4.78, 5) is 5.08. The SMILES string of the molecule is C/C(CCl)=N/OCc1ccccc1.